The Bertz CT molecular complexity index is 1630. The van der Waals surface area contributed by atoms with Gasteiger partial charge in [-0.15, -0.1) is 0 Å². The van der Waals surface area contributed by atoms with E-state index in [2.05, 4.69) is 39.1 Å². The number of phenols is 1. The van der Waals surface area contributed by atoms with Crippen molar-refractivity contribution in [2.24, 2.45) is 11.3 Å². The van der Waals surface area contributed by atoms with Crippen LogP contribution in [0.4, 0.5) is 0 Å². The Kier molecular flexibility index (Phi) is 6.77. The van der Waals surface area contributed by atoms with Gasteiger partial charge in [0.15, 0.2) is 0 Å². The predicted octanol–water partition coefficient (Wildman–Crippen LogP) is 5.96. The number of nitrogens with zero attached hydrogens (tertiary/aromatic N) is 3. The normalized spacial score (nSPS) is 36.1. The van der Waals surface area contributed by atoms with E-state index in [1.165, 1.54) is 18.4 Å². The fourth-order valence-electron chi connectivity index (χ4n) is 9.92. The van der Waals surface area contributed by atoms with Crippen LogP contribution in [0.15, 0.2) is 48.7 Å². The molecule has 3 fully saturated rings. The molecule has 0 radical (unpaired) electrons. The number of allylic oxidation sites excluding steroid dienone is 3. The highest BCUT2D eigenvalue weighted by molar-refractivity contribution is 6.11. The van der Waals surface area contributed by atoms with Crippen molar-refractivity contribution >= 4 is 33.2 Å². The Morgan fingerprint density at radius 1 is 0.953 bits per heavy atom. The number of phenolic OH excluding ortho intramolecular Hbond substituents is 1. The molecule has 7 nitrogen and oxygen atoms in total. The molecule has 43 heavy (non-hydrogen) atoms. The molecule has 6 atom stereocenters. The number of hydrogen-bond acceptors (Lipinski definition) is 6. The number of fused-ring (bicyclic) bond motifs is 5. The number of hydrogen-bond donors (Lipinski definition) is 3. The van der Waals surface area contributed by atoms with Gasteiger partial charge in [-0.05, 0) is 107 Å². The van der Waals surface area contributed by atoms with E-state index in [-0.39, 0.29) is 23.1 Å². The molecule has 7 heteroatoms. The molecule has 2 unspecified atom stereocenters. The first kappa shape index (κ1) is 27.5. The van der Waals surface area contributed by atoms with E-state index < -0.39 is 5.60 Å². The second kappa shape index (κ2) is 10.6. The molecular formula is C36H44N4O3. The third-order valence-electron chi connectivity index (χ3n) is 11.6. The Morgan fingerprint density at radius 2 is 1.84 bits per heavy atom. The van der Waals surface area contributed by atoms with Gasteiger partial charge in [-0.2, -0.15) is 0 Å². The van der Waals surface area contributed by atoms with Crippen LogP contribution in [0, 0.1) is 11.3 Å². The highest BCUT2D eigenvalue weighted by Crippen LogP contribution is 2.62. The van der Waals surface area contributed by atoms with Crippen LogP contribution in [0.3, 0.4) is 0 Å². The van der Waals surface area contributed by atoms with Crippen LogP contribution in [0.1, 0.15) is 76.3 Å². The number of para-hydroxylation sites is 1. The van der Waals surface area contributed by atoms with Crippen LogP contribution < -0.4 is 0 Å². The number of carbonyl (C=O) groups is 1. The number of aromatic nitrogens is 2. The Labute approximate surface area is 253 Å². The van der Waals surface area contributed by atoms with Crippen LogP contribution in [0.5, 0.6) is 5.75 Å². The minimum Gasteiger partial charge on any atom is -0.506 e. The van der Waals surface area contributed by atoms with Crippen LogP contribution in [-0.4, -0.2) is 79.6 Å². The van der Waals surface area contributed by atoms with Gasteiger partial charge in [-0.1, -0.05) is 24.3 Å². The average molecular weight is 581 g/mol. The van der Waals surface area contributed by atoms with Gasteiger partial charge in [0.25, 0.3) is 0 Å². The van der Waals surface area contributed by atoms with Gasteiger partial charge in [-0.3, -0.25) is 14.7 Å². The van der Waals surface area contributed by atoms with Crippen LogP contribution in [-0.2, 0) is 4.79 Å². The first-order chi connectivity index (χ1) is 21.0. The van der Waals surface area contributed by atoms with Crippen LogP contribution in [0.25, 0.3) is 27.4 Å². The van der Waals surface area contributed by atoms with Crippen molar-refractivity contribution in [3.63, 3.8) is 0 Å². The lowest BCUT2D eigenvalue weighted by molar-refractivity contribution is -0.120. The topological polar surface area (TPSA) is 92.7 Å². The van der Waals surface area contributed by atoms with E-state index >= 15 is 0 Å². The summed E-state index contributed by atoms with van der Waals surface area (Å²) in [6.07, 6.45) is 18.9. The van der Waals surface area contributed by atoms with Gasteiger partial charge in [0.05, 0.1) is 22.3 Å². The lowest BCUT2D eigenvalue weighted by Crippen LogP contribution is -2.65. The van der Waals surface area contributed by atoms with Crippen molar-refractivity contribution < 1.29 is 15.0 Å². The maximum Gasteiger partial charge on any atom is 0.139 e. The van der Waals surface area contributed by atoms with Crippen LogP contribution in [0.2, 0.25) is 0 Å². The number of aromatic amines is 1. The maximum atomic E-state index is 13.1. The highest BCUT2D eigenvalue weighted by atomic mass is 16.3. The molecule has 0 saturated carbocycles. The standard InChI is InChI=1S/C36H44N4O3/c41-25-9-8-19-40-24(12-13-25)21-35-23-39-18-6-4-2-1-3-5-16-36(43,34(35)40)22-28(29(35)15-20-39)32-33-27(14-17-37-32)26-10-7-11-30(42)31(26)38-33/h1,3,7,10-11,14,17,22,24,29,34,38,42-43H,2,4-6,8-9,12-13,15-16,18-21,23H2/b3-1+/t24?,29-,34+,35-,36-/m1/s1. The summed E-state index contributed by atoms with van der Waals surface area (Å²) in [5.41, 5.74) is 2.63. The first-order valence-electron chi connectivity index (χ1n) is 16.7. The summed E-state index contributed by atoms with van der Waals surface area (Å²) in [5, 5.41) is 25.8. The summed E-state index contributed by atoms with van der Waals surface area (Å²) < 4.78 is 0. The third kappa shape index (κ3) is 4.41. The molecule has 4 aliphatic heterocycles. The third-order valence-corrected chi connectivity index (χ3v) is 11.6. The number of benzene rings is 1. The highest BCUT2D eigenvalue weighted by Gasteiger charge is 2.66. The molecule has 1 aromatic carbocycles. The van der Waals surface area contributed by atoms with Crippen LogP contribution >= 0.6 is 0 Å². The van der Waals surface area contributed by atoms with E-state index in [9.17, 15) is 15.0 Å². The fourth-order valence-corrected chi connectivity index (χ4v) is 9.92. The predicted molar refractivity (Wildman–Crippen MR) is 170 cm³/mol. The van der Waals surface area contributed by atoms with Gasteiger partial charge in [0.2, 0.25) is 0 Å². The number of pyridine rings is 1. The van der Waals surface area contributed by atoms with Crippen molar-refractivity contribution in [1.29, 1.82) is 0 Å². The smallest absolute Gasteiger partial charge is 0.139 e. The minimum atomic E-state index is -1.01. The number of Topliss-reactive ketones (excluding diaryl/α,β-unsaturated/α-hetero) is 1. The zero-order valence-corrected chi connectivity index (χ0v) is 25.1. The van der Waals surface area contributed by atoms with Crippen molar-refractivity contribution in [1.82, 2.24) is 19.8 Å². The Hall–Kier alpha value is -3.00. The number of carbonyl (C=O) groups excluding carboxylic acids is 1. The van der Waals surface area contributed by atoms with E-state index in [4.69, 9.17) is 4.98 Å². The second-order valence-corrected chi connectivity index (χ2v) is 14.0. The molecule has 226 valence electrons. The van der Waals surface area contributed by atoms with E-state index in [1.54, 1.807) is 6.07 Å². The fraction of sp³-hybridized carbons (Fsp3) is 0.556. The van der Waals surface area contributed by atoms with Gasteiger partial charge >= 0.3 is 0 Å². The maximum absolute atomic E-state index is 13.1. The van der Waals surface area contributed by atoms with Gasteiger partial charge in [-0.25, -0.2) is 0 Å². The van der Waals surface area contributed by atoms with Gasteiger partial charge < -0.3 is 20.1 Å². The lowest BCUT2D eigenvalue weighted by Gasteiger charge is -2.58. The minimum absolute atomic E-state index is 0.0230. The van der Waals surface area contributed by atoms with Crippen molar-refractivity contribution in [3.05, 3.63) is 54.4 Å². The van der Waals surface area contributed by atoms with Crippen molar-refractivity contribution in [3.8, 4) is 5.75 Å². The molecule has 1 spiro atoms. The molecular weight excluding hydrogens is 536 g/mol. The largest absolute Gasteiger partial charge is 0.506 e. The molecule has 8 rings (SSSR count). The molecule has 3 bridgehead atoms. The quantitative estimate of drug-likeness (QED) is 0.308. The molecule has 1 aliphatic carbocycles. The monoisotopic (exact) mass is 580 g/mol. The number of H-pyrrole nitrogens is 1. The first-order valence-corrected chi connectivity index (χ1v) is 16.7. The summed E-state index contributed by atoms with van der Waals surface area (Å²) in [5.74, 6) is 0.898. The molecule has 6 heterocycles. The average Bonchev–Trinajstić information content (AvgIpc) is 3.52. The molecule has 2 aromatic heterocycles. The van der Waals surface area contributed by atoms with E-state index in [0.717, 1.165) is 92.2 Å². The number of rotatable bonds is 1. The van der Waals surface area contributed by atoms with E-state index in [1.807, 2.05) is 18.3 Å². The zero-order chi connectivity index (χ0) is 29.2. The Morgan fingerprint density at radius 3 is 2.77 bits per heavy atom. The van der Waals surface area contributed by atoms with Crippen molar-refractivity contribution in [2.75, 3.05) is 26.2 Å². The molecule has 0 amide bonds. The number of aromatic hydroxyl groups is 1. The van der Waals surface area contributed by atoms with Crippen molar-refractivity contribution in [2.45, 2.75) is 88.3 Å². The second-order valence-electron chi connectivity index (χ2n) is 14.0. The van der Waals surface area contributed by atoms with Gasteiger partial charge in [0, 0.05) is 53.9 Å². The molecule has 3 saturated heterocycles. The van der Waals surface area contributed by atoms with E-state index in [0.29, 0.717) is 31.1 Å². The van der Waals surface area contributed by atoms with Gasteiger partial charge in [0.1, 0.15) is 11.5 Å². The Balaban J connectivity index is 1.34. The summed E-state index contributed by atoms with van der Waals surface area (Å²) in [4.78, 5) is 26.5. The number of ketones is 1. The SMILES string of the molecule is O=C1CCCN2C(CC1)C[C@@]13CN4CCCC/C=C/CC[C@@](O)(C=C(c5nccc6c5[nH]c5c(O)cccc56)[C@H]1CC4)[C@@H]23. The zero-order valence-electron chi connectivity index (χ0n) is 25.1. The summed E-state index contributed by atoms with van der Waals surface area (Å²) in [6.45, 7) is 4.02. The summed E-state index contributed by atoms with van der Waals surface area (Å²) in [7, 11) is 0. The lowest BCUT2D eigenvalue weighted by atomic mass is 9.54. The molecule has 5 aliphatic rings. The molecule has 3 aromatic rings. The number of aliphatic hydroxyl groups is 1. The summed E-state index contributed by atoms with van der Waals surface area (Å²) in [6, 6.07) is 8.04. The molecule has 3 N–H and O–H groups in total. The number of piperidine rings is 1. The number of nitrogens with one attached hydrogen (secondary N) is 1. The summed E-state index contributed by atoms with van der Waals surface area (Å²) >= 11 is 0.